The van der Waals surface area contributed by atoms with Crippen molar-refractivity contribution in [3.63, 3.8) is 0 Å². The van der Waals surface area contributed by atoms with Gasteiger partial charge >= 0.3 is 0 Å². The van der Waals surface area contributed by atoms with Crippen LogP contribution in [0.25, 0.3) is 11.0 Å². The molecule has 1 amide bonds. The van der Waals surface area contributed by atoms with Gasteiger partial charge in [-0.15, -0.1) is 0 Å². The van der Waals surface area contributed by atoms with Crippen LogP contribution in [0.15, 0.2) is 46.9 Å². The molecule has 34 heavy (non-hydrogen) atoms. The predicted octanol–water partition coefficient (Wildman–Crippen LogP) is 4.78. The van der Waals surface area contributed by atoms with Crippen LogP contribution in [-0.4, -0.2) is 42.4 Å². The number of nitrogens with one attached hydrogen (secondary N) is 2. The molecule has 0 radical (unpaired) electrons. The first-order valence-electron chi connectivity index (χ1n) is 10.4. The largest absolute Gasteiger partial charge is 0.491 e. The zero-order chi connectivity index (χ0) is 22.7. The molecule has 2 aromatic carbocycles. The fourth-order valence-corrected chi connectivity index (χ4v) is 4.10. The zero-order valence-electron chi connectivity index (χ0n) is 18.1. The molecule has 1 saturated carbocycles. The third-order valence-corrected chi connectivity index (χ3v) is 5.99. The summed E-state index contributed by atoms with van der Waals surface area (Å²) >= 11 is 11.6. The lowest BCUT2D eigenvalue weighted by Crippen LogP contribution is -2.39. The first-order valence-corrected chi connectivity index (χ1v) is 11.1. The lowest BCUT2D eigenvalue weighted by molar-refractivity contribution is 0.0910. The Labute approximate surface area is 221 Å². The summed E-state index contributed by atoms with van der Waals surface area (Å²) in [5.41, 5.74) is 0.614. The Morgan fingerprint density at radius 1 is 1.15 bits per heavy atom. The van der Waals surface area contributed by atoms with Gasteiger partial charge in [-0.3, -0.25) is 4.79 Å². The molecule has 1 unspecified atom stereocenters. The van der Waals surface area contributed by atoms with E-state index < -0.39 is 11.9 Å². The summed E-state index contributed by atoms with van der Waals surface area (Å²) in [6, 6.07) is 11.2. The van der Waals surface area contributed by atoms with Gasteiger partial charge in [0, 0.05) is 35.1 Å². The smallest absolute Gasteiger partial charge is 0.287 e. The second-order valence-electron chi connectivity index (χ2n) is 7.92. The number of halogens is 3. The molecule has 0 bridgehead atoms. The highest BCUT2D eigenvalue weighted by atomic mass is 35.5. The molecule has 6 nitrogen and oxygen atoms in total. The van der Waals surface area contributed by atoms with Gasteiger partial charge in [-0.2, -0.15) is 27.0 Å². The normalized spacial score (nSPS) is 18.1. The highest BCUT2D eigenvalue weighted by Gasteiger charge is 2.27. The van der Waals surface area contributed by atoms with Crippen LogP contribution in [0, 0.1) is 5.82 Å². The molecule has 11 heteroatoms. The number of aliphatic hydroxyl groups is 1. The second-order valence-corrected chi connectivity index (χ2v) is 8.77. The summed E-state index contributed by atoms with van der Waals surface area (Å²) in [4.78, 5) is 12.5. The number of carbonyl (C=O) groups excluding carboxylic acids is 1. The van der Waals surface area contributed by atoms with Crippen molar-refractivity contribution in [2.24, 2.45) is 0 Å². The number of hydrogen-bond donors (Lipinski definition) is 3. The molecule has 1 aliphatic carbocycles. The van der Waals surface area contributed by atoms with Crippen molar-refractivity contribution < 1.29 is 23.4 Å². The maximum atomic E-state index is 13.4. The van der Waals surface area contributed by atoms with Crippen molar-refractivity contribution in [3.05, 3.63) is 64.1 Å². The lowest BCUT2D eigenvalue weighted by Gasteiger charge is -2.17. The summed E-state index contributed by atoms with van der Waals surface area (Å²) in [5, 5.41) is 17.8. The summed E-state index contributed by atoms with van der Waals surface area (Å²) in [5.74, 6) is -0.263. The van der Waals surface area contributed by atoms with E-state index in [0.29, 0.717) is 22.9 Å². The van der Waals surface area contributed by atoms with Crippen LogP contribution in [0.4, 0.5) is 4.39 Å². The van der Waals surface area contributed by atoms with E-state index in [1.807, 2.05) is 0 Å². The van der Waals surface area contributed by atoms with E-state index in [0.717, 1.165) is 24.6 Å². The Morgan fingerprint density at radius 3 is 2.68 bits per heavy atom. The number of amides is 1. The van der Waals surface area contributed by atoms with Crippen LogP contribution >= 0.6 is 50.2 Å². The highest BCUT2D eigenvalue weighted by molar-refractivity contribution is 7.59. The SMILES string of the molecule is O=C(NC1CC[C@H](NC[C@H](O)COc2ccc(Cl)c(F)c2)C1)c1cc2cc(Cl)ccc2o1.S.S. The van der Waals surface area contributed by atoms with Gasteiger partial charge in [0.25, 0.3) is 5.91 Å². The predicted molar refractivity (Wildman–Crippen MR) is 142 cm³/mol. The maximum Gasteiger partial charge on any atom is 0.287 e. The second kappa shape index (κ2) is 12.9. The Balaban J connectivity index is 0.00000204. The van der Waals surface area contributed by atoms with E-state index in [1.165, 1.54) is 12.1 Å². The van der Waals surface area contributed by atoms with Crippen LogP contribution in [0.3, 0.4) is 0 Å². The van der Waals surface area contributed by atoms with E-state index in [1.54, 1.807) is 30.3 Å². The summed E-state index contributed by atoms with van der Waals surface area (Å²) in [6.45, 7) is 0.350. The summed E-state index contributed by atoms with van der Waals surface area (Å²) in [6.07, 6.45) is 1.68. The minimum Gasteiger partial charge on any atom is -0.491 e. The van der Waals surface area contributed by atoms with Crippen LogP contribution in [0.5, 0.6) is 5.75 Å². The van der Waals surface area contributed by atoms with E-state index >= 15 is 0 Å². The minimum atomic E-state index is -0.759. The molecule has 1 fully saturated rings. The monoisotopic (exact) mass is 548 g/mol. The van der Waals surface area contributed by atoms with Gasteiger partial charge in [0.2, 0.25) is 0 Å². The van der Waals surface area contributed by atoms with Gasteiger partial charge in [0.1, 0.15) is 29.9 Å². The van der Waals surface area contributed by atoms with Crippen LogP contribution in [-0.2, 0) is 0 Å². The van der Waals surface area contributed by atoms with Gasteiger partial charge in [0.15, 0.2) is 5.76 Å². The van der Waals surface area contributed by atoms with Crippen molar-refractivity contribution >= 4 is 67.1 Å². The van der Waals surface area contributed by atoms with E-state index in [4.69, 9.17) is 32.4 Å². The van der Waals surface area contributed by atoms with Crippen molar-refractivity contribution in [3.8, 4) is 5.75 Å². The van der Waals surface area contributed by atoms with E-state index in [9.17, 15) is 14.3 Å². The third kappa shape index (κ3) is 7.44. The molecule has 0 saturated heterocycles. The van der Waals surface area contributed by atoms with Gasteiger partial charge in [0.05, 0.1) is 5.02 Å². The number of carbonyl (C=O) groups is 1. The minimum absolute atomic E-state index is 0. The van der Waals surface area contributed by atoms with Crippen molar-refractivity contribution in [1.29, 1.82) is 0 Å². The number of fused-ring (bicyclic) bond motifs is 1. The standard InChI is InChI=1S/C23H23Cl2FN2O4.2H2S/c24-14-1-6-21-13(7-14)8-22(32-21)23(30)28-16-3-2-15(9-16)27-11-17(29)12-31-18-4-5-19(25)20(26)10-18;;/h1,4-8,10,15-17,27,29H,2-3,9,11-12H2,(H,28,30);2*1H2/t15-,16?,17-;;/m0../s1. The molecule has 0 aliphatic heterocycles. The van der Waals surface area contributed by atoms with Crippen molar-refractivity contribution in [2.75, 3.05) is 13.2 Å². The molecule has 1 aromatic heterocycles. The van der Waals surface area contributed by atoms with Gasteiger partial charge in [-0.05, 0) is 55.7 Å². The molecular formula is C23H27Cl2FN2O4S2. The Bertz CT molecular complexity index is 1120. The molecule has 0 spiro atoms. The van der Waals surface area contributed by atoms with Crippen LogP contribution < -0.4 is 15.4 Å². The van der Waals surface area contributed by atoms with Crippen LogP contribution in [0.1, 0.15) is 29.8 Å². The fraction of sp³-hybridized carbons (Fsp3) is 0.348. The molecule has 3 aromatic rings. The number of benzene rings is 2. The van der Waals surface area contributed by atoms with Crippen molar-refractivity contribution in [2.45, 2.75) is 37.5 Å². The summed E-state index contributed by atoms with van der Waals surface area (Å²) in [7, 11) is 0. The Hall–Kier alpha value is -1.62. The van der Waals surface area contributed by atoms with Gasteiger partial charge in [-0.1, -0.05) is 23.2 Å². The molecule has 186 valence electrons. The average molecular weight is 550 g/mol. The third-order valence-electron chi connectivity index (χ3n) is 5.45. The molecule has 1 heterocycles. The molecule has 1 aliphatic rings. The molecule has 3 N–H and O–H groups in total. The molecular weight excluding hydrogens is 522 g/mol. The van der Waals surface area contributed by atoms with Crippen molar-refractivity contribution in [1.82, 2.24) is 10.6 Å². The molecule has 4 rings (SSSR count). The first kappa shape index (κ1) is 28.6. The molecule has 3 atom stereocenters. The number of ether oxygens (including phenoxy) is 1. The average Bonchev–Trinajstić information content (AvgIpc) is 3.39. The van der Waals surface area contributed by atoms with Gasteiger partial charge < -0.3 is 24.9 Å². The Kier molecular flexibility index (Phi) is 10.9. The zero-order valence-corrected chi connectivity index (χ0v) is 21.6. The number of hydrogen-bond acceptors (Lipinski definition) is 5. The summed E-state index contributed by atoms with van der Waals surface area (Å²) < 4.78 is 24.5. The topological polar surface area (TPSA) is 83.7 Å². The maximum absolute atomic E-state index is 13.4. The van der Waals surface area contributed by atoms with Crippen LogP contribution in [0.2, 0.25) is 10.0 Å². The Morgan fingerprint density at radius 2 is 1.91 bits per heavy atom. The highest BCUT2D eigenvalue weighted by Crippen LogP contribution is 2.25. The quantitative estimate of drug-likeness (QED) is 0.377. The van der Waals surface area contributed by atoms with E-state index in [2.05, 4.69) is 10.6 Å². The van der Waals surface area contributed by atoms with E-state index in [-0.39, 0.29) is 62.4 Å². The number of rotatable bonds is 8. The lowest BCUT2D eigenvalue weighted by atomic mass is 10.2. The van der Waals surface area contributed by atoms with Gasteiger partial charge in [-0.25, -0.2) is 4.39 Å². The fourth-order valence-electron chi connectivity index (χ4n) is 3.80. The first-order chi connectivity index (χ1) is 15.4. The number of aliphatic hydroxyl groups excluding tert-OH is 1. The number of furan rings is 1.